The third-order valence-corrected chi connectivity index (χ3v) is 3.74. The minimum absolute atomic E-state index is 0.264. The average Bonchev–Trinajstić information content (AvgIpc) is 2.65. The molecule has 6 heteroatoms. The van der Waals surface area contributed by atoms with Crippen LogP contribution >= 0.6 is 23.2 Å². The predicted octanol–water partition coefficient (Wildman–Crippen LogP) is 3.79. The molecule has 0 bridgehead atoms. The Morgan fingerprint density at radius 1 is 1.32 bits per heavy atom. The third kappa shape index (κ3) is 2.60. The van der Waals surface area contributed by atoms with Crippen LogP contribution in [0, 0.1) is 13.8 Å². The molecule has 0 atom stereocenters. The molecule has 2 rings (SSSR count). The van der Waals surface area contributed by atoms with E-state index >= 15 is 0 Å². The summed E-state index contributed by atoms with van der Waals surface area (Å²) in [6.45, 7) is 7.88. The van der Waals surface area contributed by atoms with Crippen molar-refractivity contribution >= 4 is 23.2 Å². The van der Waals surface area contributed by atoms with Gasteiger partial charge in [0.05, 0.1) is 34.2 Å². The monoisotopic (exact) mass is 298 g/mol. The van der Waals surface area contributed by atoms with E-state index in [4.69, 9.17) is 23.2 Å². The largest absolute Gasteiger partial charge is 0.239 e. The summed E-state index contributed by atoms with van der Waals surface area (Å²) in [4.78, 5) is 8.87. The van der Waals surface area contributed by atoms with Gasteiger partial charge in [-0.25, -0.2) is 14.6 Å². The molecule has 0 aliphatic rings. The number of aryl methyl sites for hydroxylation is 1. The van der Waals surface area contributed by atoms with E-state index in [1.807, 2.05) is 27.7 Å². The maximum absolute atomic E-state index is 6.17. The molecular weight excluding hydrogens is 283 g/mol. The van der Waals surface area contributed by atoms with Crippen molar-refractivity contribution in [3.05, 3.63) is 34.1 Å². The zero-order valence-corrected chi connectivity index (χ0v) is 12.9. The molecule has 0 saturated carbocycles. The van der Waals surface area contributed by atoms with Crippen LogP contribution in [0.5, 0.6) is 0 Å². The van der Waals surface area contributed by atoms with Crippen molar-refractivity contribution in [3.8, 4) is 5.69 Å². The van der Waals surface area contributed by atoms with Crippen molar-refractivity contribution in [2.45, 2.75) is 39.5 Å². The molecule has 0 aliphatic heterocycles. The Morgan fingerprint density at radius 2 is 2.00 bits per heavy atom. The molecule has 4 nitrogen and oxygen atoms in total. The molecule has 0 spiro atoms. The van der Waals surface area contributed by atoms with Crippen molar-refractivity contribution < 1.29 is 0 Å². The van der Waals surface area contributed by atoms with Gasteiger partial charge in [0.2, 0.25) is 0 Å². The Bertz CT molecular complexity index is 605. The normalized spacial score (nSPS) is 11.3. The van der Waals surface area contributed by atoms with Crippen LogP contribution in [0.15, 0.2) is 6.20 Å². The first-order valence-corrected chi connectivity index (χ1v) is 7.00. The van der Waals surface area contributed by atoms with E-state index in [1.165, 1.54) is 0 Å². The fraction of sp³-hybridized carbons (Fsp3) is 0.462. The number of rotatable bonds is 3. The molecule has 19 heavy (non-hydrogen) atoms. The molecule has 0 N–H and O–H groups in total. The van der Waals surface area contributed by atoms with Gasteiger partial charge < -0.3 is 0 Å². The summed E-state index contributed by atoms with van der Waals surface area (Å²) in [5.41, 5.74) is 3.20. The van der Waals surface area contributed by atoms with Crippen LogP contribution in [-0.4, -0.2) is 19.7 Å². The lowest BCUT2D eigenvalue weighted by Crippen LogP contribution is -2.09. The lowest BCUT2D eigenvalue weighted by atomic mass is 10.2. The lowest BCUT2D eigenvalue weighted by Gasteiger charge is -2.11. The molecular formula is C13H16Cl2N4. The second kappa shape index (κ2) is 5.47. The van der Waals surface area contributed by atoms with E-state index in [1.54, 1.807) is 10.9 Å². The topological polar surface area (TPSA) is 43.6 Å². The SMILES string of the molecule is Cc1nn(-c2cnc(C(C)C)nc2CCl)c(C)c1Cl. The molecule has 0 aliphatic carbocycles. The fourth-order valence-corrected chi connectivity index (χ4v) is 2.15. The summed E-state index contributed by atoms with van der Waals surface area (Å²) in [5.74, 6) is 1.36. The van der Waals surface area contributed by atoms with Crippen molar-refractivity contribution in [2.75, 3.05) is 0 Å². The van der Waals surface area contributed by atoms with Crippen LogP contribution in [-0.2, 0) is 5.88 Å². The molecule has 0 fully saturated rings. The summed E-state index contributed by atoms with van der Waals surface area (Å²) < 4.78 is 1.75. The minimum Gasteiger partial charge on any atom is -0.239 e. The molecule has 102 valence electrons. The van der Waals surface area contributed by atoms with Gasteiger partial charge in [-0.05, 0) is 13.8 Å². The average molecular weight is 299 g/mol. The van der Waals surface area contributed by atoms with Gasteiger partial charge in [-0.1, -0.05) is 25.4 Å². The van der Waals surface area contributed by atoms with Crippen LogP contribution in [0.4, 0.5) is 0 Å². The number of hydrogen-bond donors (Lipinski definition) is 0. The van der Waals surface area contributed by atoms with E-state index < -0.39 is 0 Å². The Hall–Kier alpha value is -1.13. The zero-order valence-electron chi connectivity index (χ0n) is 11.4. The molecule has 2 heterocycles. The quantitative estimate of drug-likeness (QED) is 0.810. The Balaban J connectivity index is 2.58. The standard InChI is InChI=1S/C13H16Cl2N4/c1-7(2)13-16-6-11(10(5-14)17-13)19-9(4)12(15)8(3)18-19/h6-7H,5H2,1-4H3. The maximum Gasteiger partial charge on any atom is 0.131 e. The van der Waals surface area contributed by atoms with Crippen LogP contribution in [0.25, 0.3) is 5.69 Å². The highest BCUT2D eigenvalue weighted by atomic mass is 35.5. The fourth-order valence-electron chi connectivity index (χ4n) is 1.84. The Kier molecular flexibility index (Phi) is 4.11. The van der Waals surface area contributed by atoms with Gasteiger partial charge in [-0.2, -0.15) is 5.10 Å². The molecule has 0 radical (unpaired) electrons. The van der Waals surface area contributed by atoms with E-state index in [0.29, 0.717) is 10.9 Å². The van der Waals surface area contributed by atoms with Gasteiger partial charge in [-0.15, -0.1) is 11.6 Å². The van der Waals surface area contributed by atoms with Crippen LogP contribution < -0.4 is 0 Å². The number of alkyl halides is 1. The zero-order chi connectivity index (χ0) is 14.2. The third-order valence-electron chi connectivity index (χ3n) is 2.94. The van der Waals surface area contributed by atoms with Crippen molar-refractivity contribution in [2.24, 2.45) is 0 Å². The van der Waals surface area contributed by atoms with E-state index in [2.05, 4.69) is 15.1 Å². The van der Waals surface area contributed by atoms with Gasteiger partial charge in [0.25, 0.3) is 0 Å². The van der Waals surface area contributed by atoms with Gasteiger partial charge in [0, 0.05) is 5.92 Å². The van der Waals surface area contributed by atoms with Gasteiger partial charge in [0.15, 0.2) is 0 Å². The molecule has 0 aromatic carbocycles. The summed E-state index contributed by atoms with van der Waals surface area (Å²) >= 11 is 12.2. The Morgan fingerprint density at radius 3 is 2.47 bits per heavy atom. The second-order valence-corrected chi connectivity index (χ2v) is 5.39. The van der Waals surface area contributed by atoms with E-state index in [9.17, 15) is 0 Å². The molecule has 2 aromatic rings. The molecule has 0 unspecified atom stereocenters. The molecule has 2 aromatic heterocycles. The highest BCUT2D eigenvalue weighted by Gasteiger charge is 2.16. The number of aromatic nitrogens is 4. The summed E-state index contributed by atoms with van der Waals surface area (Å²) in [7, 11) is 0. The number of hydrogen-bond acceptors (Lipinski definition) is 3. The van der Waals surface area contributed by atoms with Gasteiger partial charge in [-0.3, -0.25) is 0 Å². The summed E-state index contributed by atoms with van der Waals surface area (Å²) in [6, 6.07) is 0. The van der Waals surface area contributed by atoms with E-state index in [0.717, 1.165) is 28.6 Å². The summed E-state index contributed by atoms with van der Waals surface area (Å²) in [6.07, 6.45) is 1.76. The highest BCUT2D eigenvalue weighted by molar-refractivity contribution is 6.31. The van der Waals surface area contributed by atoms with Crippen LogP contribution in [0.3, 0.4) is 0 Å². The first kappa shape index (κ1) is 14.3. The predicted molar refractivity (Wildman–Crippen MR) is 77.3 cm³/mol. The molecule has 0 amide bonds. The van der Waals surface area contributed by atoms with Crippen molar-refractivity contribution in [1.82, 2.24) is 19.7 Å². The number of nitrogens with zero attached hydrogens (tertiary/aromatic N) is 4. The van der Waals surface area contributed by atoms with Gasteiger partial charge in [0.1, 0.15) is 11.5 Å². The lowest BCUT2D eigenvalue weighted by molar-refractivity contribution is 0.742. The minimum atomic E-state index is 0.264. The first-order chi connectivity index (χ1) is 8.95. The highest BCUT2D eigenvalue weighted by Crippen LogP contribution is 2.24. The Labute approximate surface area is 122 Å². The second-order valence-electron chi connectivity index (χ2n) is 4.75. The van der Waals surface area contributed by atoms with Crippen LogP contribution in [0.1, 0.15) is 42.7 Å². The smallest absolute Gasteiger partial charge is 0.131 e. The summed E-state index contributed by atoms with van der Waals surface area (Å²) in [5, 5.41) is 5.07. The van der Waals surface area contributed by atoms with Gasteiger partial charge >= 0.3 is 0 Å². The number of halogens is 2. The van der Waals surface area contributed by atoms with E-state index in [-0.39, 0.29) is 5.92 Å². The van der Waals surface area contributed by atoms with Crippen LogP contribution in [0.2, 0.25) is 5.02 Å². The maximum atomic E-state index is 6.17. The first-order valence-electron chi connectivity index (χ1n) is 6.09. The molecule has 0 saturated heterocycles. The van der Waals surface area contributed by atoms with Crippen molar-refractivity contribution in [1.29, 1.82) is 0 Å². The van der Waals surface area contributed by atoms with Crippen molar-refractivity contribution in [3.63, 3.8) is 0 Å².